The number of nitrogens with zero attached hydrogens (tertiary/aromatic N) is 3. The van der Waals surface area contributed by atoms with Gasteiger partial charge < -0.3 is 10.0 Å². The molecule has 1 aromatic heterocycles. The molecule has 1 saturated heterocycles. The first-order valence-electron chi connectivity index (χ1n) is 6.19. The molecular formula is C12H15N3O4. The number of carbonyl (C=O) groups is 1. The van der Waals surface area contributed by atoms with Crippen molar-refractivity contribution in [2.24, 2.45) is 0 Å². The van der Waals surface area contributed by atoms with Gasteiger partial charge in [0, 0.05) is 12.7 Å². The van der Waals surface area contributed by atoms with Crippen molar-refractivity contribution in [1.82, 2.24) is 4.98 Å². The Labute approximate surface area is 110 Å². The number of rotatable bonds is 3. The topological polar surface area (TPSA) is 96.6 Å². The van der Waals surface area contributed by atoms with Crippen molar-refractivity contribution in [2.45, 2.75) is 31.7 Å². The van der Waals surface area contributed by atoms with Crippen LogP contribution in [0.5, 0.6) is 0 Å². The van der Waals surface area contributed by atoms with Crippen molar-refractivity contribution in [3.63, 3.8) is 0 Å². The SMILES string of the molecule is O=C(O)C1CCCCCN1c1ccncc1[N+](=O)[O-]. The molecule has 19 heavy (non-hydrogen) atoms. The molecule has 0 aromatic carbocycles. The first-order chi connectivity index (χ1) is 9.11. The zero-order valence-electron chi connectivity index (χ0n) is 10.4. The summed E-state index contributed by atoms with van der Waals surface area (Å²) < 4.78 is 0. The van der Waals surface area contributed by atoms with E-state index in [0.29, 0.717) is 18.7 Å². The van der Waals surface area contributed by atoms with Gasteiger partial charge in [0.2, 0.25) is 0 Å². The van der Waals surface area contributed by atoms with Crippen molar-refractivity contribution in [1.29, 1.82) is 0 Å². The molecule has 7 heteroatoms. The maximum absolute atomic E-state index is 11.3. The number of aromatic nitrogens is 1. The Morgan fingerprint density at radius 1 is 1.47 bits per heavy atom. The van der Waals surface area contributed by atoms with E-state index in [1.807, 2.05) is 0 Å². The van der Waals surface area contributed by atoms with E-state index in [0.717, 1.165) is 19.3 Å². The van der Waals surface area contributed by atoms with Gasteiger partial charge in [0.15, 0.2) is 0 Å². The minimum atomic E-state index is -0.937. The zero-order chi connectivity index (χ0) is 13.8. The molecule has 1 aliphatic heterocycles. The second-order valence-corrected chi connectivity index (χ2v) is 4.52. The molecule has 2 heterocycles. The second-order valence-electron chi connectivity index (χ2n) is 4.52. The van der Waals surface area contributed by atoms with E-state index in [4.69, 9.17) is 0 Å². The fraction of sp³-hybridized carbons (Fsp3) is 0.500. The molecule has 1 fully saturated rings. The van der Waals surface area contributed by atoms with Crippen molar-refractivity contribution < 1.29 is 14.8 Å². The van der Waals surface area contributed by atoms with Crippen LogP contribution in [0.4, 0.5) is 11.4 Å². The Morgan fingerprint density at radius 3 is 2.95 bits per heavy atom. The average molecular weight is 265 g/mol. The first-order valence-corrected chi connectivity index (χ1v) is 6.19. The molecule has 1 unspecified atom stereocenters. The highest BCUT2D eigenvalue weighted by molar-refractivity contribution is 5.80. The monoisotopic (exact) mass is 265 g/mol. The predicted octanol–water partition coefficient (Wildman–Crippen LogP) is 1.82. The lowest BCUT2D eigenvalue weighted by atomic mass is 10.1. The maximum Gasteiger partial charge on any atom is 0.326 e. The van der Waals surface area contributed by atoms with Crippen molar-refractivity contribution in [3.05, 3.63) is 28.6 Å². The van der Waals surface area contributed by atoms with Gasteiger partial charge in [0.05, 0.1) is 4.92 Å². The Morgan fingerprint density at radius 2 is 2.26 bits per heavy atom. The second kappa shape index (κ2) is 5.64. The number of hydrogen-bond donors (Lipinski definition) is 1. The summed E-state index contributed by atoms with van der Waals surface area (Å²) in [6.45, 7) is 0.516. The third-order valence-electron chi connectivity index (χ3n) is 3.32. The van der Waals surface area contributed by atoms with Crippen LogP contribution in [0.1, 0.15) is 25.7 Å². The Bertz CT molecular complexity index is 492. The summed E-state index contributed by atoms with van der Waals surface area (Å²) in [6.07, 6.45) is 5.73. The fourth-order valence-corrected chi connectivity index (χ4v) is 2.42. The number of pyridine rings is 1. The zero-order valence-corrected chi connectivity index (χ0v) is 10.4. The predicted molar refractivity (Wildman–Crippen MR) is 68.1 cm³/mol. The van der Waals surface area contributed by atoms with Crippen LogP contribution in [0.3, 0.4) is 0 Å². The van der Waals surface area contributed by atoms with Gasteiger partial charge in [-0.25, -0.2) is 4.79 Å². The highest BCUT2D eigenvalue weighted by atomic mass is 16.6. The van der Waals surface area contributed by atoms with Crippen molar-refractivity contribution in [2.75, 3.05) is 11.4 Å². The number of aliphatic carboxylic acids is 1. The van der Waals surface area contributed by atoms with Crippen LogP contribution >= 0.6 is 0 Å². The molecule has 1 aliphatic rings. The summed E-state index contributed by atoms with van der Waals surface area (Å²) in [5.74, 6) is -0.937. The standard InChI is InChI=1S/C12H15N3O4/c16-12(17)10-4-2-1-3-7-14(10)9-5-6-13-8-11(9)15(18)19/h5-6,8,10H,1-4,7H2,(H,16,17). The largest absolute Gasteiger partial charge is 0.480 e. The minimum Gasteiger partial charge on any atom is -0.480 e. The molecule has 102 valence electrons. The van der Waals surface area contributed by atoms with E-state index >= 15 is 0 Å². The van der Waals surface area contributed by atoms with E-state index in [1.165, 1.54) is 18.5 Å². The van der Waals surface area contributed by atoms with Crippen molar-refractivity contribution >= 4 is 17.3 Å². The van der Waals surface area contributed by atoms with Gasteiger partial charge in [-0.15, -0.1) is 0 Å². The van der Waals surface area contributed by atoms with Crippen LogP contribution in [-0.2, 0) is 4.79 Å². The van der Waals surface area contributed by atoms with Crippen LogP contribution in [-0.4, -0.2) is 33.6 Å². The molecule has 0 amide bonds. The van der Waals surface area contributed by atoms with Gasteiger partial charge in [0.1, 0.15) is 17.9 Å². The molecule has 1 aromatic rings. The summed E-state index contributed by atoms with van der Waals surface area (Å²) in [4.78, 5) is 27.2. The molecule has 1 atom stereocenters. The molecule has 0 aliphatic carbocycles. The van der Waals surface area contributed by atoms with E-state index in [9.17, 15) is 20.0 Å². The third kappa shape index (κ3) is 2.81. The number of carboxylic acid groups (broad SMARTS) is 1. The van der Waals surface area contributed by atoms with Crippen LogP contribution < -0.4 is 4.90 Å². The van der Waals surface area contributed by atoms with Crippen LogP contribution in [0.15, 0.2) is 18.5 Å². The van der Waals surface area contributed by atoms with Gasteiger partial charge in [-0.05, 0) is 18.9 Å². The van der Waals surface area contributed by atoms with Crippen molar-refractivity contribution in [3.8, 4) is 0 Å². The summed E-state index contributed by atoms with van der Waals surface area (Å²) in [5.41, 5.74) is 0.199. The molecule has 0 spiro atoms. The van der Waals surface area contributed by atoms with E-state index in [-0.39, 0.29) is 5.69 Å². The molecule has 0 radical (unpaired) electrons. The Kier molecular flexibility index (Phi) is 3.94. The maximum atomic E-state index is 11.3. The van der Waals surface area contributed by atoms with Crippen LogP contribution in [0.2, 0.25) is 0 Å². The summed E-state index contributed by atoms with van der Waals surface area (Å²) >= 11 is 0. The summed E-state index contributed by atoms with van der Waals surface area (Å²) in [5, 5.41) is 20.3. The fourth-order valence-electron chi connectivity index (χ4n) is 2.42. The summed E-state index contributed by atoms with van der Waals surface area (Å²) in [6, 6.07) is 0.808. The lowest BCUT2D eigenvalue weighted by Crippen LogP contribution is -2.41. The van der Waals surface area contributed by atoms with Gasteiger partial charge in [-0.1, -0.05) is 12.8 Å². The van der Waals surface area contributed by atoms with Crippen LogP contribution in [0.25, 0.3) is 0 Å². The van der Waals surface area contributed by atoms with Gasteiger partial charge in [0.25, 0.3) is 0 Å². The van der Waals surface area contributed by atoms with E-state index in [2.05, 4.69) is 4.98 Å². The number of carboxylic acids is 1. The molecule has 0 saturated carbocycles. The quantitative estimate of drug-likeness (QED) is 0.661. The van der Waals surface area contributed by atoms with Gasteiger partial charge >= 0.3 is 11.7 Å². The minimum absolute atomic E-state index is 0.143. The Hall–Kier alpha value is -2.18. The number of nitro groups is 1. The lowest BCUT2D eigenvalue weighted by molar-refractivity contribution is -0.384. The number of anilines is 1. The summed E-state index contributed by atoms with van der Waals surface area (Å²) in [7, 11) is 0. The average Bonchev–Trinajstić information content (AvgIpc) is 2.64. The van der Waals surface area contributed by atoms with E-state index < -0.39 is 16.9 Å². The normalized spacial score (nSPS) is 19.8. The number of hydrogen-bond acceptors (Lipinski definition) is 5. The highest BCUT2D eigenvalue weighted by Crippen LogP contribution is 2.31. The smallest absolute Gasteiger partial charge is 0.326 e. The third-order valence-corrected chi connectivity index (χ3v) is 3.32. The van der Waals surface area contributed by atoms with Crippen LogP contribution in [0, 0.1) is 10.1 Å². The van der Waals surface area contributed by atoms with E-state index in [1.54, 1.807) is 4.90 Å². The van der Waals surface area contributed by atoms with Gasteiger partial charge in [-0.2, -0.15) is 0 Å². The molecule has 0 bridgehead atoms. The molecule has 1 N–H and O–H groups in total. The Balaban J connectivity index is 2.41. The molecule has 2 rings (SSSR count). The molecular weight excluding hydrogens is 250 g/mol. The highest BCUT2D eigenvalue weighted by Gasteiger charge is 2.31. The first kappa shape index (κ1) is 13.3. The molecule has 7 nitrogen and oxygen atoms in total. The lowest BCUT2D eigenvalue weighted by Gasteiger charge is -2.28. The van der Waals surface area contributed by atoms with Gasteiger partial charge in [-0.3, -0.25) is 15.1 Å².